The zero-order chi connectivity index (χ0) is 8.50. The quantitative estimate of drug-likeness (QED) is 0.274. The molecule has 7 heteroatoms. The molecule has 0 rings (SSSR count). The van der Waals surface area contributed by atoms with Crippen molar-refractivity contribution in [1.29, 1.82) is 0 Å². The van der Waals surface area contributed by atoms with Crippen LogP contribution in [0.4, 0.5) is 4.20 Å². The molecular weight excluding hydrogens is 150 g/mol. The van der Waals surface area contributed by atoms with Crippen LogP contribution in [0, 0.1) is 0 Å². The molecule has 0 aromatic rings. The Hall–Kier alpha value is -0.580. The molecule has 0 fully saturated rings. The van der Waals surface area contributed by atoms with Crippen LogP contribution in [0.3, 0.4) is 0 Å². The summed E-state index contributed by atoms with van der Waals surface area (Å²) in [5.41, 5.74) is 0. The first-order valence-corrected chi connectivity index (χ1v) is 2.97. The first kappa shape index (κ1) is 15.8. The molecule has 4 N–H and O–H groups in total. The molecule has 0 heterocycles. The second kappa shape index (κ2) is 10.4. The highest BCUT2D eigenvalue weighted by Crippen LogP contribution is 2.22. The average molecular weight is 158 g/mol. The zero-order valence-electron chi connectivity index (χ0n) is 4.62. The predicted octanol–water partition coefficient (Wildman–Crippen LogP) is -4.32. The Bertz CT molecular complexity index is 83.5. The van der Waals surface area contributed by atoms with Crippen molar-refractivity contribution in [1.82, 2.24) is 0 Å². The fraction of sp³-hybridized carbons (Fsp3) is 0. The van der Waals surface area contributed by atoms with E-state index in [1.807, 2.05) is 0 Å². The summed E-state index contributed by atoms with van der Waals surface area (Å²) < 4.78 is 18.6. The van der Waals surface area contributed by atoms with Gasteiger partial charge in [0.05, 0.1) is 0 Å². The van der Waals surface area contributed by atoms with Gasteiger partial charge in [-0.15, -0.1) is 0 Å². The van der Waals surface area contributed by atoms with Crippen molar-refractivity contribution in [3.8, 4) is 0 Å². The zero-order valence-corrected chi connectivity index (χ0v) is 5.51. The standard InChI is InChI=1S/2CH3N.FH2O3P/c2*1-2;1-5(2,3)4/h2*2H,1H2;(H2,2,3,4). The van der Waals surface area contributed by atoms with Gasteiger partial charge in [0.15, 0.2) is 0 Å². The van der Waals surface area contributed by atoms with Gasteiger partial charge in [-0.2, -0.15) is 0 Å². The lowest BCUT2D eigenvalue weighted by atomic mass is 11.8. The van der Waals surface area contributed by atoms with Crippen molar-refractivity contribution < 1.29 is 29.4 Å². The average Bonchev–Trinajstić information content (AvgIpc) is 1.72. The molecule has 0 atom stereocenters. The summed E-state index contributed by atoms with van der Waals surface area (Å²) >= 11 is 0. The minimum Gasteiger partial charge on any atom is -0.786 e. The van der Waals surface area contributed by atoms with Crippen molar-refractivity contribution in [2.24, 2.45) is 0 Å². The lowest BCUT2D eigenvalue weighted by Crippen LogP contribution is -2.21. The normalized spacial score (nSPS) is 7.44. The van der Waals surface area contributed by atoms with Crippen molar-refractivity contribution in [2.75, 3.05) is 0 Å². The number of hydrogen-bond donors (Lipinski definition) is 2. The Morgan fingerprint density at radius 2 is 1.22 bits per heavy atom. The van der Waals surface area contributed by atoms with E-state index in [9.17, 15) is 4.20 Å². The smallest absolute Gasteiger partial charge is 0.123 e. The van der Waals surface area contributed by atoms with E-state index in [2.05, 4.69) is 24.3 Å². The van der Waals surface area contributed by atoms with Crippen LogP contribution < -0.4 is 20.6 Å². The molecule has 0 aliphatic rings. The molecule has 0 unspecified atom stereocenters. The lowest BCUT2D eigenvalue weighted by molar-refractivity contribution is -0.328. The fourth-order valence-electron chi connectivity index (χ4n) is 0. The monoisotopic (exact) mass is 158 g/mol. The summed E-state index contributed by atoms with van der Waals surface area (Å²) in [6.45, 7) is 5.50. The lowest BCUT2D eigenvalue weighted by Gasteiger charge is -2.15. The van der Waals surface area contributed by atoms with Crippen LogP contribution in [0.1, 0.15) is 0 Å². The first-order chi connectivity index (χ1) is 4.00. The van der Waals surface area contributed by atoms with E-state index in [4.69, 9.17) is 14.4 Å². The molecule has 0 amide bonds. The maximum Gasteiger partial charge on any atom is 0.123 e. The summed E-state index contributed by atoms with van der Waals surface area (Å²) in [5.74, 6) is 0. The topological polar surface area (TPSA) is 114 Å². The van der Waals surface area contributed by atoms with Crippen molar-refractivity contribution in [2.45, 2.75) is 0 Å². The van der Waals surface area contributed by atoms with Crippen molar-refractivity contribution >= 4 is 21.3 Å². The molecule has 0 aliphatic heterocycles. The van der Waals surface area contributed by atoms with Crippen LogP contribution in [0.25, 0.3) is 0 Å². The van der Waals surface area contributed by atoms with Gasteiger partial charge in [0.1, 0.15) is 21.3 Å². The molecule has 0 spiro atoms. The van der Waals surface area contributed by atoms with E-state index in [0.29, 0.717) is 0 Å². The van der Waals surface area contributed by atoms with E-state index in [1.54, 1.807) is 0 Å². The van der Waals surface area contributed by atoms with Crippen LogP contribution in [0.2, 0.25) is 0 Å². The molecule has 5 nitrogen and oxygen atoms in total. The third kappa shape index (κ3) is 648. The molecular formula is C2H8FN2O3P. The van der Waals surface area contributed by atoms with Gasteiger partial charge < -0.3 is 14.4 Å². The molecule has 0 aromatic heterocycles. The summed E-state index contributed by atoms with van der Waals surface area (Å²) in [6.07, 6.45) is 0. The third-order valence-corrected chi connectivity index (χ3v) is 0. The van der Waals surface area contributed by atoms with Gasteiger partial charge in [-0.1, -0.05) is 0 Å². The highest BCUT2D eigenvalue weighted by Gasteiger charge is 1.69. The van der Waals surface area contributed by atoms with Gasteiger partial charge in [0.2, 0.25) is 0 Å². The molecule has 0 saturated heterocycles. The van der Waals surface area contributed by atoms with Crippen molar-refractivity contribution in [3.63, 3.8) is 0 Å². The molecule has 0 bridgehead atoms. The Kier molecular flexibility index (Phi) is 18.3. The summed E-state index contributed by atoms with van der Waals surface area (Å²) in [5, 5.41) is 8.50. The van der Waals surface area contributed by atoms with Crippen LogP contribution in [-0.2, 0) is 4.57 Å². The van der Waals surface area contributed by atoms with Crippen LogP contribution in [0.15, 0.2) is 0 Å². The van der Waals surface area contributed by atoms with E-state index in [1.165, 1.54) is 0 Å². The minimum atomic E-state index is -5.64. The SMILES string of the molecule is C=[NH2+].C=[NH2+].O=P([O-])([O-])F. The van der Waals surface area contributed by atoms with E-state index >= 15 is 0 Å². The molecule has 0 saturated carbocycles. The maximum absolute atomic E-state index is 10.1. The fourth-order valence-corrected chi connectivity index (χ4v) is 0. The molecule has 56 valence electrons. The Morgan fingerprint density at radius 1 is 1.22 bits per heavy atom. The maximum atomic E-state index is 10.1. The summed E-state index contributed by atoms with van der Waals surface area (Å²) in [7, 11) is -5.64. The Balaban J connectivity index is -0.0000000771. The van der Waals surface area contributed by atoms with E-state index in [-0.39, 0.29) is 0 Å². The van der Waals surface area contributed by atoms with Gasteiger partial charge in [0.25, 0.3) is 0 Å². The van der Waals surface area contributed by atoms with Gasteiger partial charge in [-0.05, 0) is 0 Å². The highest BCUT2D eigenvalue weighted by molar-refractivity contribution is 7.42. The number of hydrogen-bond acceptors (Lipinski definition) is 3. The summed E-state index contributed by atoms with van der Waals surface area (Å²) in [4.78, 5) is 16.9. The molecule has 0 aromatic carbocycles. The predicted molar refractivity (Wildman–Crippen MR) is 26.8 cm³/mol. The third-order valence-electron chi connectivity index (χ3n) is 0. The van der Waals surface area contributed by atoms with Crippen LogP contribution >= 0.6 is 7.91 Å². The van der Waals surface area contributed by atoms with Gasteiger partial charge in [0, 0.05) is 0 Å². The number of rotatable bonds is 0. The van der Waals surface area contributed by atoms with E-state index in [0.717, 1.165) is 0 Å². The van der Waals surface area contributed by atoms with E-state index < -0.39 is 7.91 Å². The van der Waals surface area contributed by atoms with Crippen LogP contribution in [-0.4, -0.2) is 13.4 Å². The largest absolute Gasteiger partial charge is 0.786 e. The van der Waals surface area contributed by atoms with Crippen LogP contribution in [0.5, 0.6) is 0 Å². The second-order valence-corrected chi connectivity index (χ2v) is 1.29. The highest BCUT2D eigenvalue weighted by atomic mass is 31.2. The molecule has 9 heavy (non-hydrogen) atoms. The molecule has 0 radical (unpaired) electrons. The number of nitrogens with two attached hydrogens (primary N) is 2. The molecule has 0 aliphatic carbocycles. The second-order valence-electron chi connectivity index (χ2n) is 0.431. The summed E-state index contributed by atoms with van der Waals surface area (Å²) in [6, 6.07) is 0. The van der Waals surface area contributed by atoms with Gasteiger partial charge in [-0.3, -0.25) is 10.8 Å². The first-order valence-electron chi connectivity index (χ1n) is 1.53. The Labute approximate surface area is 51.8 Å². The van der Waals surface area contributed by atoms with Gasteiger partial charge >= 0.3 is 0 Å². The number of halogens is 1. The van der Waals surface area contributed by atoms with Crippen molar-refractivity contribution in [3.05, 3.63) is 0 Å². The minimum absolute atomic E-state index is 2.75. The Morgan fingerprint density at radius 3 is 1.22 bits per heavy atom. The van der Waals surface area contributed by atoms with Gasteiger partial charge in [-0.25, -0.2) is 4.20 Å².